The number of thioether (sulfide) groups is 1. The monoisotopic (exact) mass is 335 g/mol. The van der Waals surface area contributed by atoms with Crippen LogP contribution >= 0.6 is 23.1 Å². The zero-order valence-corrected chi connectivity index (χ0v) is 14.7. The van der Waals surface area contributed by atoms with Gasteiger partial charge in [-0.2, -0.15) is 0 Å². The molecule has 0 saturated carbocycles. The van der Waals surface area contributed by atoms with Gasteiger partial charge in [0.1, 0.15) is 16.2 Å². The van der Waals surface area contributed by atoms with Crippen LogP contribution in [0.5, 0.6) is 0 Å². The minimum atomic E-state index is 0.231. The molecule has 0 aromatic carbocycles. The van der Waals surface area contributed by atoms with Gasteiger partial charge in [0.05, 0.1) is 5.75 Å². The van der Waals surface area contributed by atoms with Crippen LogP contribution in [0.3, 0.4) is 0 Å². The summed E-state index contributed by atoms with van der Waals surface area (Å²) in [6, 6.07) is 2.16. The largest absolute Gasteiger partial charge is 0.342 e. The molecule has 3 rings (SSSR count). The van der Waals surface area contributed by atoms with Crippen LogP contribution in [-0.2, 0) is 11.2 Å². The molecule has 118 valence electrons. The number of likely N-dealkylation sites (tertiary alicyclic amines) is 1. The highest BCUT2D eigenvalue weighted by Gasteiger charge is 2.20. The Morgan fingerprint density at radius 1 is 1.41 bits per heavy atom. The van der Waals surface area contributed by atoms with Gasteiger partial charge in [-0.3, -0.25) is 4.79 Å². The maximum atomic E-state index is 12.3. The number of aryl methyl sites for hydroxylation is 1. The van der Waals surface area contributed by atoms with E-state index in [1.54, 1.807) is 29.4 Å². The first-order chi connectivity index (χ1) is 10.7. The van der Waals surface area contributed by atoms with E-state index in [0.29, 0.717) is 5.75 Å². The smallest absolute Gasteiger partial charge is 0.232 e. The molecule has 1 aliphatic rings. The van der Waals surface area contributed by atoms with Gasteiger partial charge < -0.3 is 4.90 Å². The van der Waals surface area contributed by atoms with E-state index < -0.39 is 0 Å². The standard InChI is InChI=1S/C16H21N3OS2/c1-3-12-8-13-15(17-10-18-16(13)22-12)21-9-14(20)19-6-4-11(2)5-7-19/h8,10-11H,3-7,9H2,1-2H3. The molecular formula is C16H21N3OS2. The predicted octanol–water partition coefficient (Wildman–Crippen LogP) is 3.60. The zero-order chi connectivity index (χ0) is 15.5. The Labute approximate surface area is 139 Å². The van der Waals surface area contributed by atoms with Crippen molar-refractivity contribution in [3.05, 3.63) is 17.3 Å². The van der Waals surface area contributed by atoms with Crippen LogP contribution in [0.1, 0.15) is 31.6 Å². The van der Waals surface area contributed by atoms with Gasteiger partial charge >= 0.3 is 0 Å². The Kier molecular flexibility index (Phi) is 4.98. The van der Waals surface area contributed by atoms with E-state index in [1.807, 2.05) is 4.90 Å². The van der Waals surface area contributed by atoms with Crippen LogP contribution in [0, 0.1) is 5.92 Å². The summed E-state index contributed by atoms with van der Waals surface area (Å²) in [7, 11) is 0. The lowest BCUT2D eigenvalue weighted by atomic mass is 9.99. The van der Waals surface area contributed by atoms with E-state index in [2.05, 4.69) is 29.9 Å². The van der Waals surface area contributed by atoms with Crippen molar-refractivity contribution in [3.8, 4) is 0 Å². The molecule has 2 aromatic rings. The molecule has 0 spiro atoms. The van der Waals surface area contributed by atoms with Gasteiger partial charge in [0.15, 0.2) is 0 Å². The van der Waals surface area contributed by atoms with Crippen molar-refractivity contribution < 1.29 is 4.79 Å². The van der Waals surface area contributed by atoms with Crippen LogP contribution in [0.2, 0.25) is 0 Å². The first-order valence-corrected chi connectivity index (χ1v) is 9.61. The molecule has 1 aliphatic heterocycles. The second-order valence-electron chi connectivity index (χ2n) is 5.82. The molecular weight excluding hydrogens is 314 g/mol. The summed E-state index contributed by atoms with van der Waals surface area (Å²) in [5.41, 5.74) is 0. The number of hydrogen-bond donors (Lipinski definition) is 0. The molecule has 1 fully saturated rings. The lowest BCUT2D eigenvalue weighted by Crippen LogP contribution is -2.38. The topological polar surface area (TPSA) is 46.1 Å². The summed E-state index contributed by atoms with van der Waals surface area (Å²) in [6.45, 7) is 6.21. The third kappa shape index (κ3) is 3.43. The minimum Gasteiger partial charge on any atom is -0.342 e. The van der Waals surface area contributed by atoms with Gasteiger partial charge in [0.2, 0.25) is 5.91 Å². The lowest BCUT2D eigenvalue weighted by molar-refractivity contribution is -0.129. The van der Waals surface area contributed by atoms with Crippen molar-refractivity contribution in [3.63, 3.8) is 0 Å². The highest BCUT2D eigenvalue weighted by atomic mass is 32.2. The Bertz CT molecular complexity index is 662. The average Bonchev–Trinajstić information content (AvgIpc) is 2.97. The summed E-state index contributed by atoms with van der Waals surface area (Å²) in [5, 5.41) is 2.02. The molecule has 0 radical (unpaired) electrons. The van der Waals surface area contributed by atoms with E-state index in [9.17, 15) is 4.79 Å². The van der Waals surface area contributed by atoms with Gasteiger partial charge in [-0.15, -0.1) is 11.3 Å². The SMILES string of the molecule is CCc1cc2c(SCC(=O)N3CCC(C)CC3)ncnc2s1. The molecule has 3 heterocycles. The van der Waals surface area contributed by atoms with Crippen LogP contribution in [-0.4, -0.2) is 39.6 Å². The number of hydrogen-bond acceptors (Lipinski definition) is 5. The quantitative estimate of drug-likeness (QED) is 0.632. The molecule has 4 nitrogen and oxygen atoms in total. The second kappa shape index (κ2) is 6.96. The first-order valence-electron chi connectivity index (χ1n) is 7.81. The van der Waals surface area contributed by atoms with Crippen molar-refractivity contribution in [2.75, 3.05) is 18.8 Å². The number of amides is 1. The van der Waals surface area contributed by atoms with E-state index in [4.69, 9.17) is 0 Å². The number of carbonyl (C=O) groups excluding carboxylic acids is 1. The summed E-state index contributed by atoms with van der Waals surface area (Å²) in [5.74, 6) is 1.45. The molecule has 6 heteroatoms. The van der Waals surface area contributed by atoms with Crippen LogP contribution in [0.4, 0.5) is 0 Å². The molecule has 0 N–H and O–H groups in total. The lowest BCUT2D eigenvalue weighted by Gasteiger charge is -2.30. The van der Waals surface area contributed by atoms with Crippen molar-refractivity contribution in [1.29, 1.82) is 0 Å². The summed E-state index contributed by atoms with van der Waals surface area (Å²) in [4.78, 5) is 25.4. The normalized spacial score (nSPS) is 16.4. The number of aromatic nitrogens is 2. The number of piperidine rings is 1. The fraction of sp³-hybridized carbons (Fsp3) is 0.562. The maximum absolute atomic E-state index is 12.3. The molecule has 1 saturated heterocycles. The fourth-order valence-corrected chi connectivity index (χ4v) is 4.53. The molecule has 2 aromatic heterocycles. The number of rotatable bonds is 4. The third-order valence-corrected chi connectivity index (χ3v) is 6.34. The average molecular weight is 335 g/mol. The van der Waals surface area contributed by atoms with Crippen molar-refractivity contribution >= 4 is 39.2 Å². The Balaban J connectivity index is 1.66. The highest BCUT2D eigenvalue weighted by Crippen LogP contribution is 2.31. The molecule has 0 atom stereocenters. The van der Waals surface area contributed by atoms with Crippen LogP contribution < -0.4 is 0 Å². The Morgan fingerprint density at radius 3 is 2.91 bits per heavy atom. The molecule has 0 unspecified atom stereocenters. The summed E-state index contributed by atoms with van der Waals surface area (Å²) in [6.07, 6.45) is 4.86. The molecule has 22 heavy (non-hydrogen) atoms. The Hall–Kier alpha value is -1.14. The van der Waals surface area contributed by atoms with Gasteiger partial charge in [-0.25, -0.2) is 9.97 Å². The number of thiophene rings is 1. The predicted molar refractivity (Wildman–Crippen MR) is 92.5 cm³/mol. The van der Waals surface area contributed by atoms with Crippen LogP contribution in [0.15, 0.2) is 17.4 Å². The summed E-state index contributed by atoms with van der Waals surface area (Å²) < 4.78 is 0. The van der Waals surface area contributed by atoms with Crippen molar-refractivity contribution in [2.45, 2.75) is 38.1 Å². The second-order valence-corrected chi connectivity index (χ2v) is 7.90. The minimum absolute atomic E-state index is 0.231. The van der Waals surface area contributed by atoms with E-state index in [1.165, 1.54) is 4.88 Å². The van der Waals surface area contributed by atoms with Gasteiger partial charge in [-0.05, 0) is 31.2 Å². The fourth-order valence-electron chi connectivity index (χ4n) is 2.65. The number of nitrogens with zero attached hydrogens (tertiary/aromatic N) is 3. The van der Waals surface area contributed by atoms with Crippen molar-refractivity contribution in [2.24, 2.45) is 5.92 Å². The van der Waals surface area contributed by atoms with Gasteiger partial charge in [-0.1, -0.05) is 25.6 Å². The van der Waals surface area contributed by atoms with E-state index in [-0.39, 0.29) is 5.91 Å². The zero-order valence-electron chi connectivity index (χ0n) is 13.0. The van der Waals surface area contributed by atoms with Crippen molar-refractivity contribution in [1.82, 2.24) is 14.9 Å². The number of fused-ring (bicyclic) bond motifs is 1. The molecule has 1 amide bonds. The molecule has 0 bridgehead atoms. The number of carbonyl (C=O) groups is 1. The summed E-state index contributed by atoms with van der Waals surface area (Å²) >= 11 is 3.25. The molecule has 0 aliphatic carbocycles. The van der Waals surface area contributed by atoms with Gasteiger partial charge in [0.25, 0.3) is 0 Å². The first kappa shape index (κ1) is 15.7. The maximum Gasteiger partial charge on any atom is 0.232 e. The Morgan fingerprint density at radius 2 is 2.18 bits per heavy atom. The highest BCUT2D eigenvalue weighted by molar-refractivity contribution is 8.00. The van der Waals surface area contributed by atoms with Crippen LogP contribution in [0.25, 0.3) is 10.2 Å². The third-order valence-electron chi connectivity index (χ3n) is 4.16. The van der Waals surface area contributed by atoms with Gasteiger partial charge in [0, 0.05) is 23.4 Å². The van der Waals surface area contributed by atoms with E-state index in [0.717, 1.165) is 53.5 Å². The van der Waals surface area contributed by atoms with E-state index >= 15 is 0 Å².